The van der Waals surface area contributed by atoms with Crippen molar-refractivity contribution in [3.05, 3.63) is 24.3 Å². The minimum atomic E-state index is -0.181. The zero-order valence-electron chi connectivity index (χ0n) is 12.0. The maximum atomic E-state index is 12.2. The van der Waals surface area contributed by atoms with E-state index in [4.69, 9.17) is 10.5 Å². The SMILES string of the molecule is CCCOc1ccccc1NC(=O)C(CN)C(C)C. The quantitative estimate of drug-likeness (QED) is 0.795. The van der Waals surface area contributed by atoms with E-state index in [0.717, 1.165) is 6.42 Å². The molecule has 106 valence electrons. The van der Waals surface area contributed by atoms with Crippen molar-refractivity contribution < 1.29 is 9.53 Å². The molecule has 0 aliphatic carbocycles. The standard InChI is InChI=1S/C15H24N2O2/c1-4-9-19-14-8-6-5-7-13(14)17-15(18)12(10-16)11(2)3/h5-8,11-12H,4,9-10,16H2,1-3H3,(H,17,18). The Hall–Kier alpha value is -1.55. The molecule has 1 amide bonds. The molecule has 0 heterocycles. The lowest BCUT2D eigenvalue weighted by Gasteiger charge is -2.19. The summed E-state index contributed by atoms with van der Waals surface area (Å²) in [5.74, 6) is 0.690. The molecule has 0 saturated heterocycles. The topological polar surface area (TPSA) is 64.3 Å². The number of rotatable bonds is 7. The van der Waals surface area contributed by atoms with Crippen LogP contribution in [0.2, 0.25) is 0 Å². The smallest absolute Gasteiger partial charge is 0.229 e. The van der Waals surface area contributed by atoms with Crippen molar-refractivity contribution in [1.82, 2.24) is 0 Å². The van der Waals surface area contributed by atoms with E-state index in [9.17, 15) is 4.79 Å². The van der Waals surface area contributed by atoms with Gasteiger partial charge in [0.2, 0.25) is 5.91 Å². The van der Waals surface area contributed by atoms with E-state index in [1.54, 1.807) is 0 Å². The Morgan fingerprint density at radius 1 is 1.37 bits per heavy atom. The molecule has 0 aromatic heterocycles. The van der Waals surface area contributed by atoms with Gasteiger partial charge >= 0.3 is 0 Å². The Bertz CT molecular complexity index is 405. The van der Waals surface area contributed by atoms with Gasteiger partial charge in [-0.3, -0.25) is 4.79 Å². The Balaban J connectivity index is 2.78. The highest BCUT2D eigenvalue weighted by atomic mass is 16.5. The van der Waals surface area contributed by atoms with Crippen LogP contribution in [0.3, 0.4) is 0 Å². The van der Waals surface area contributed by atoms with E-state index in [-0.39, 0.29) is 17.7 Å². The minimum Gasteiger partial charge on any atom is -0.491 e. The summed E-state index contributed by atoms with van der Waals surface area (Å²) in [6, 6.07) is 7.47. The van der Waals surface area contributed by atoms with Gasteiger partial charge in [0, 0.05) is 6.54 Å². The van der Waals surface area contributed by atoms with Gasteiger partial charge in [-0.05, 0) is 24.5 Å². The van der Waals surface area contributed by atoms with Crippen molar-refractivity contribution >= 4 is 11.6 Å². The molecule has 0 aliphatic heterocycles. The molecule has 0 fully saturated rings. The summed E-state index contributed by atoms with van der Waals surface area (Å²) < 4.78 is 5.62. The molecule has 4 nitrogen and oxygen atoms in total. The third-order valence-electron chi connectivity index (χ3n) is 3.00. The molecule has 0 aliphatic rings. The van der Waals surface area contributed by atoms with Crippen molar-refractivity contribution in [2.24, 2.45) is 17.6 Å². The number of hydrogen-bond donors (Lipinski definition) is 2. The van der Waals surface area contributed by atoms with Crippen molar-refractivity contribution in [2.45, 2.75) is 27.2 Å². The summed E-state index contributed by atoms with van der Waals surface area (Å²) in [7, 11) is 0. The number of carbonyl (C=O) groups is 1. The first-order valence-electron chi connectivity index (χ1n) is 6.82. The molecular formula is C15H24N2O2. The number of nitrogens with two attached hydrogens (primary N) is 1. The van der Waals surface area contributed by atoms with Crippen LogP contribution in [0.25, 0.3) is 0 Å². The molecule has 19 heavy (non-hydrogen) atoms. The summed E-state index contributed by atoms with van der Waals surface area (Å²) in [5, 5.41) is 2.91. The largest absolute Gasteiger partial charge is 0.491 e. The number of anilines is 1. The van der Waals surface area contributed by atoms with E-state index in [2.05, 4.69) is 5.32 Å². The second-order valence-electron chi connectivity index (χ2n) is 4.92. The van der Waals surface area contributed by atoms with Crippen LogP contribution in [0.1, 0.15) is 27.2 Å². The van der Waals surface area contributed by atoms with Gasteiger partial charge in [-0.25, -0.2) is 0 Å². The van der Waals surface area contributed by atoms with E-state index < -0.39 is 0 Å². The number of amides is 1. The average molecular weight is 264 g/mol. The van der Waals surface area contributed by atoms with Crippen LogP contribution in [0.5, 0.6) is 5.75 Å². The maximum absolute atomic E-state index is 12.2. The van der Waals surface area contributed by atoms with Crippen LogP contribution >= 0.6 is 0 Å². The Morgan fingerprint density at radius 3 is 2.63 bits per heavy atom. The normalized spacial score (nSPS) is 12.3. The molecule has 4 heteroatoms. The Morgan fingerprint density at radius 2 is 2.05 bits per heavy atom. The van der Waals surface area contributed by atoms with Crippen LogP contribution < -0.4 is 15.8 Å². The molecule has 0 saturated carbocycles. The van der Waals surface area contributed by atoms with Crippen LogP contribution in [0, 0.1) is 11.8 Å². The summed E-state index contributed by atoms with van der Waals surface area (Å²) >= 11 is 0. The Labute approximate surface area is 115 Å². The monoisotopic (exact) mass is 264 g/mol. The molecule has 0 radical (unpaired) electrons. The van der Waals surface area contributed by atoms with Crippen molar-refractivity contribution in [1.29, 1.82) is 0 Å². The van der Waals surface area contributed by atoms with Gasteiger partial charge in [-0.15, -0.1) is 0 Å². The first-order valence-corrected chi connectivity index (χ1v) is 6.82. The molecule has 1 unspecified atom stereocenters. The van der Waals surface area contributed by atoms with E-state index in [0.29, 0.717) is 24.6 Å². The van der Waals surface area contributed by atoms with E-state index >= 15 is 0 Å². The number of hydrogen-bond acceptors (Lipinski definition) is 3. The lowest BCUT2D eigenvalue weighted by molar-refractivity contribution is -0.120. The van der Waals surface area contributed by atoms with Gasteiger partial charge in [0.15, 0.2) is 0 Å². The fourth-order valence-electron chi connectivity index (χ4n) is 1.82. The van der Waals surface area contributed by atoms with Crippen molar-refractivity contribution in [3.63, 3.8) is 0 Å². The predicted molar refractivity (Wildman–Crippen MR) is 78.2 cm³/mol. The number of carbonyl (C=O) groups excluding carboxylic acids is 1. The second-order valence-corrected chi connectivity index (χ2v) is 4.92. The fourth-order valence-corrected chi connectivity index (χ4v) is 1.82. The van der Waals surface area contributed by atoms with Gasteiger partial charge in [0.1, 0.15) is 5.75 Å². The summed E-state index contributed by atoms with van der Waals surface area (Å²) in [6.07, 6.45) is 0.930. The summed E-state index contributed by atoms with van der Waals surface area (Å²) in [5.41, 5.74) is 6.36. The first-order chi connectivity index (χ1) is 9.10. The average Bonchev–Trinajstić information content (AvgIpc) is 2.38. The third kappa shape index (κ3) is 4.56. The molecule has 0 spiro atoms. The van der Waals surface area contributed by atoms with Gasteiger partial charge in [0.25, 0.3) is 0 Å². The predicted octanol–water partition coefficient (Wildman–Crippen LogP) is 2.64. The zero-order valence-corrected chi connectivity index (χ0v) is 12.0. The highest BCUT2D eigenvalue weighted by molar-refractivity contribution is 5.94. The Kier molecular flexibility index (Phi) is 6.36. The first kappa shape index (κ1) is 15.5. The van der Waals surface area contributed by atoms with Crippen LogP contribution in [0.15, 0.2) is 24.3 Å². The van der Waals surface area contributed by atoms with Gasteiger partial charge in [-0.2, -0.15) is 0 Å². The van der Waals surface area contributed by atoms with Crippen LogP contribution in [-0.2, 0) is 4.79 Å². The lowest BCUT2D eigenvalue weighted by atomic mass is 9.95. The van der Waals surface area contributed by atoms with Gasteiger partial charge in [-0.1, -0.05) is 32.9 Å². The van der Waals surface area contributed by atoms with Crippen LogP contribution in [0.4, 0.5) is 5.69 Å². The molecule has 0 bridgehead atoms. The fraction of sp³-hybridized carbons (Fsp3) is 0.533. The van der Waals surface area contributed by atoms with Gasteiger partial charge < -0.3 is 15.8 Å². The number of benzene rings is 1. The molecular weight excluding hydrogens is 240 g/mol. The number of para-hydroxylation sites is 2. The third-order valence-corrected chi connectivity index (χ3v) is 3.00. The van der Waals surface area contributed by atoms with Crippen LogP contribution in [-0.4, -0.2) is 19.1 Å². The molecule has 1 aromatic carbocycles. The molecule has 1 atom stereocenters. The number of nitrogens with one attached hydrogen (secondary N) is 1. The molecule has 1 aromatic rings. The minimum absolute atomic E-state index is 0.0509. The summed E-state index contributed by atoms with van der Waals surface area (Å²) in [6.45, 7) is 7.02. The highest BCUT2D eigenvalue weighted by Gasteiger charge is 2.21. The summed E-state index contributed by atoms with van der Waals surface area (Å²) in [4.78, 5) is 12.2. The molecule has 1 rings (SSSR count). The lowest BCUT2D eigenvalue weighted by Crippen LogP contribution is -2.33. The second kappa shape index (κ2) is 7.79. The molecule has 3 N–H and O–H groups in total. The zero-order chi connectivity index (χ0) is 14.3. The van der Waals surface area contributed by atoms with E-state index in [1.807, 2.05) is 45.0 Å². The van der Waals surface area contributed by atoms with E-state index in [1.165, 1.54) is 0 Å². The van der Waals surface area contributed by atoms with Crippen molar-refractivity contribution in [2.75, 3.05) is 18.5 Å². The van der Waals surface area contributed by atoms with Crippen molar-refractivity contribution in [3.8, 4) is 5.75 Å². The number of ether oxygens (including phenoxy) is 1. The maximum Gasteiger partial charge on any atom is 0.229 e. The van der Waals surface area contributed by atoms with Gasteiger partial charge in [0.05, 0.1) is 18.2 Å². The highest BCUT2D eigenvalue weighted by Crippen LogP contribution is 2.25.